The number of carboxylic acids is 1. The topological polar surface area (TPSA) is 155 Å². The summed E-state index contributed by atoms with van der Waals surface area (Å²) in [5, 5.41) is 15.6. The minimum absolute atomic E-state index is 0.0467. The minimum Gasteiger partial charge on any atom is -0.487 e. The Balaban J connectivity index is 1.11. The van der Waals surface area contributed by atoms with Crippen LogP contribution in [0.4, 0.5) is 4.79 Å². The zero-order valence-electron chi connectivity index (χ0n) is 31.4. The van der Waals surface area contributed by atoms with Gasteiger partial charge in [0.2, 0.25) is 5.96 Å². The first-order valence-corrected chi connectivity index (χ1v) is 19.7. The number of ether oxygens (including phenoxy) is 2. The number of hydrogen-bond donors (Lipinski definition) is 4. The van der Waals surface area contributed by atoms with E-state index in [1.54, 1.807) is 13.8 Å². The maximum absolute atomic E-state index is 14.1. The van der Waals surface area contributed by atoms with Crippen LogP contribution in [0.5, 0.6) is 5.75 Å². The van der Waals surface area contributed by atoms with Gasteiger partial charge in [0.05, 0.1) is 4.90 Å². The predicted molar refractivity (Wildman–Crippen MR) is 209 cm³/mol. The van der Waals surface area contributed by atoms with Crippen LogP contribution in [0.1, 0.15) is 71.6 Å². The first-order valence-electron chi connectivity index (χ1n) is 18.3. The van der Waals surface area contributed by atoms with Crippen LogP contribution < -0.4 is 20.1 Å². The monoisotopic (exact) mass is 752 g/mol. The molecule has 0 spiro atoms. The van der Waals surface area contributed by atoms with E-state index in [-0.39, 0.29) is 42.8 Å². The molecule has 54 heavy (non-hydrogen) atoms. The van der Waals surface area contributed by atoms with Crippen molar-refractivity contribution in [1.82, 2.24) is 15.4 Å². The first kappa shape index (κ1) is 38.4. The minimum atomic E-state index is -4.10. The largest absolute Gasteiger partial charge is 0.487 e. The average molecular weight is 753 g/mol. The Kier molecular flexibility index (Phi) is 11.3. The van der Waals surface area contributed by atoms with Gasteiger partial charge in [-0.1, -0.05) is 78.9 Å². The van der Waals surface area contributed by atoms with E-state index in [4.69, 9.17) is 9.47 Å². The molecule has 12 heteroatoms. The van der Waals surface area contributed by atoms with Gasteiger partial charge in [-0.05, 0) is 98.4 Å². The Labute approximate surface area is 317 Å². The molecule has 6 rings (SSSR count). The number of nitrogens with zero attached hydrogens (tertiary/aromatic N) is 1. The van der Waals surface area contributed by atoms with Crippen LogP contribution in [-0.4, -0.2) is 62.9 Å². The molecule has 0 aromatic heterocycles. The number of rotatable bonds is 13. The molecule has 0 saturated heterocycles. The highest BCUT2D eigenvalue weighted by atomic mass is 32.2. The fourth-order valence-corrected chi connectivity index (χ4v) is 9.02. The highest BCUT2D eigenvalue weighted by Gasteiger charge is 2.37. The lowest BCUT2D eigenvalue weighted by atomic mass is 9.94. The molecule has 0 saturated carbocycles. The predicted octanol–water partition coefficient (Wildman–Crippen LogP) is 6.56. The molecule has 1 heterocycles. The van der Waals surface area contributed by atoms with Crippen LogP contribution in [0, 0.1) is 20.8 Å². The summed E-state index contributed by atoms with van der Waals surface area (Å²) in [6.07, 6.45) is 0.672. The number of aliphatic carboxylic acids is 1. The van der Waals surface area contributed by atoms with Crippen molar-refractivity contribution in [1.29, 1.82) is 0 Å². The van der Waals surface area contributed by atoms with E-state index in [1.807, 2.05) is 99.6 Å². The van der Waals surface area contributed by atoms with E-state index in [2.05, 4.69) is 20.3 Å². The zero-order chi connectivity index (χ0) is 38.6. The molecule has 4 N–H and O–H groups in total. The lowest BCUT2D eigenvalue weighted by molar-refractivity contribution is -0.139. The molecule has 2 aliphatic rings. The number of alkyl carbamates (subject to hydrolysis) is 1. The fourth-order valence-electron chi connectivity index (χ4n) is 7.45. The van der Waals surface area contributed by atoms with Gasteiger partial charge in [0.15, 0.2) is 0 Å². The van der Waals surface area contributed by atoms with Crippen molar-refractivity contribution in [3.8, 4) is 16.9 Å². The normalized spacial score (nSPS) is 15.0. The van der Waals surface area contributed by atoms with E-state index in [0.29, 0.717) is 30.5 Å². The lowest BCUT2D eigenvalue weighted by Gasteiger charge is -2.20. The van der Waals surface area contributed by atoms with Crippen LogP contribution in [-0.2, 0) is 32.4 Å². The van der Waals surface area contributed by atoms with Crippen molar-refractivity contribution in [2.45, 2.75) is 82.8 Å². The van der Waals surface area contributed by atoms with Gasteiger partial charge in [-0.25, -0.2) is 22.7 Å². The SMILES string of the molecule is Cc1c(C)c(S(=O)(=O)NC(=NCCC[C@H](NC(=O)OCC2c3ccccc3-c3ccccc32)C(=O)O)NCCc2ccccc2)c(C)c2c1OC(C)(C)C2. The molecular formula is C42H48N4O7S. The van der Waals surface area contributed by atoms with Gasteiger partial charge < -0.3 is 25.2 Å². The van der Waals surface area contributed by atoms with Crippen LogP contribution in [0.15, 0.2) is 88.8 Å². The Hall–Kier alpha value is -5.36. The summed E-state index contributed by atoms with van der Waals surface area (Å²) in [5.74, 6) is -0.579. The summed E-state index contributed by atoms with van der Waals surface area (Å²) in [5.41, 5.74) is 7.81. The molecule has 4 aromatic carbocycles. The van der Waals surface area contributed by atoms with Crippen molar-refractivity contribution >= 4 is 28.0 Å². The summed E-state index contributed by atoms with van der Waals surface area (Å²) in [6, 6.07) is 24.5. The Morgan fingerprint density at radius 1 is 0.926 bits per heavy atom. The molecule has 284 valence electrons. The highest BCUT2D eigenvalue weighted by molar-refractivity contribution is 7.90. The van der Waals surface area contributed by atoms with Gasteiger partial charge in [-0.3, -0.25) is 4.99 Å². The van der Waals surface area contributed by atoms with Gasteiger partial charge in [-0.15, -0.1) is 0 Å². The number of carbonyl (C=O) groups is 2. The molecule has 1 amide bonds. The molecule has 1 atom stereocenters. The highest BCUT2D eigenvalue weighted by Crippen LogP contribution is 2.45. The van der Waals surface area contributed by atoms with Crippen molar-refractivity contribution < 1.29 is 32.6 Å². The number of nitrogens with one attached hydrogen (secondary N) is 3. The van der Waals surface area contributed by atoms with Crippen molar-refractivity contribution in [2.24, 2.45) is 4.99 Å². The number of carbonyl (C=O) groups excluding carboxylic acids is 1. The number of hydrogen-bond acceptors (Lipinski definition) is 7. The summed E-state index contributed by atoms with van der Waals surface area (Å²) in [7, 11) is -4.10. The molecule has 0 unspecified atom stereocenters. The number of fused-ring (bicyclic) bond motifs is 4. The number of sulfonamides is 1. The second kappa shape index (κ2) is 15.9. The Morgan fingerprint density at radius 3 is 2.20 bits per heavy atom. The number of aliphatic imine (C=N–C) groups is 1. The van der Waals surface area contributed by atoms with E-state index in [0.717, 1.165) is 44.7 Å². The quantitative estimate of drug-likeness (QED) is 0.0680. The van der Waals surface area contributed by atoms with Crippen LogP contribution in [0.3, 0.4) is 0 Å². The fraction of sp³-hybridized carbons (Fsp3) is 0.357. The Morgan fingerprint density at radius 2 is 1.56 bits per heavy atom. The van der Waals surface area contributed by atoms with E-state index in [9.17, 15) is 23.1 Å². The number of amides is 1. The summed E-state index contributed by atoms with van der Waals surface area (Å²) < 4.78 is 42.6. The molecule has 0 radical (unpaired) electrons. The first-order chi connectivity index (χ1) is 25.8. The maximum Gasteiger partial charge on any atom is 0.407 e. The zero-order valence-corrected chi connectivity index (χ0v) is 32.2. The summed E-state index contributed by atoms with van der Waals surface area (Å²) in [6.45, 7) is 9.97. The van der Waals surface area contributed by atoms with Crippen LogP contribution >= 0.6 is 0 Å². The third-order valence-electron chi connectivity index (χ3n) is 10.2. The summed E-state index contributed by atoms with van der Waals surface area (Å²) in [4.78, 5) is 29.8. The van der Waals surface area contributed by atoms with Gasteiger partial charge in [0.25, 0.3) is 10.0 Å². The molecule has 0 bridgehead atoms. The smallest absolute Gasteiger partial charge is 0.407 e. The van der Waals surface area contributed by atoms with Gasteiger partial charge in [-0.2, -0.15) is 0 Å². The lowest BCUT2D eigenvalue weighted by Crippen LogP contribution is -2.43. The van der Waals surface area contributed by atoms with Crippen LogP contribution in [0.2, 0.25) is 0 Å². The molecular weight excluding hydrogens is 705 g/mol. The molecule has 1 aliphatic heterocycles. The standard InChI is InChI=1S/C42H48N4O7S/c1-26-27(2)38(28(3)34-24-42(4,5)53-37(26)34)54(50,51)46-40(44-23-21-29-14-7-6-8-15-29)43-22-13-20-36(39(47)48)45-41(49)52-25-35-32-18-11-9-16-30(32)31-17-10-12-19-33(31)35/h6-12,14-19,35-36H,13,20-25H2,1-5H3,(H,45,49)(H,47,48)(H2,43,44,46)/t36-/m0/s1. The van der Waals surface area contributed by atoms with Crippen LogP contribution in [0.25, 0.3) is 11.1 Å². The maximum atomic E-state index is 14.1. The van der Waals surface area contributed by atoms with Gasteiger partial charge >= 0.3 is 12.1 Å². The van der Waals surface area contributed by atoms with Gasteiger partial charge in [0.1, 0.15) is 24.0 Å². The van der Waals surface area contributed by atoms with Crippen molar-refractivity contribution in [3.05, 3.63) is 118 Å². The van der Waals surface area contributed by atoms with E-state index < -0.39 is 33.7 Å². The second-order valence-corrected chi connectivity index (χ2v) is 16.2. The van der Waals surface area contributed by atoms with Crippen molar-refractivity contribution in [3.63, 3.8) is 0 Å². The van der Waals surface area contributed by atoms with E-state index in [1.165, 1.54) is 0 Å². The van der Waals surface area contributed by atoms with Gasteiger partial charge in [0, 0.05) is 31.0 Å². The second-order valence-electron chi connectivity index (χ2n) is 14.6. The third kappa shape index (κ3) is 8.38. The number of benzene rings is 4. The molecule has 11 nitrogen and oxygen atoms in total. The molecule has 1 aliphatic carbocycles. The average Bonchev–Trinajstić information content (AvgIpc) is 3.65. The summed E-state index contributed by atoms with van der Waals surface area (Å²) >= 11 is 0. The number of carboxylic acid groups (broad SMARTS) is 1. The number of guanidine groups is 1. The third-order valence-corrected chi connectivity index (χ3v) is 11.8. The van der Waals surface area contributed by atoms with Crippen molar-refractivity contribution in [2.75, 3.05) is 19.7 Å². The Bertz CT molecular complexity index is 2140. The molecule has 4 aromatic rings. The molecule has 0 fully saturated rings. The van der Waals surface area contributed by atoms with E-state index >= 15 is 0 Å².